The summed E-state index contributed by atoms with van der Waals surface area (Å²) in [7, 11) is 1.47. The maximum atomic E-state index is 9.37. The minimum Gasteiger partial charge on any atom is -0.504 e. The third-order valence-electron chi connectivity index (χ3n) is 1.75. The Morgan fingerprint density at radius 2 is 2.15 bits per heavy atom. The fraction of sp³-hybridized carbons (Fsp3) is 0.222. The average molecular weight is 181 g/mol. The van der Waals surface area contributed by atoms with Crippen molar-refractivity contribution in [1.82, 2.24) is 0 Å². The predicted molar refractivity (Wildman–Crippen MR) is 48.7 cm³/mol. The highest BCUT2D eigenvalue weighted by Crippen LogP contribution is 2.26. The minimum absolute atomic E-state index is 0.0306. The first kappa shape index (κ1) is 9.38. The molecule has 0 spiro atoms. The molecule has 4 heteroatoms. The molecule has 70 valence electrons. The number of hydrogen-bond donors (Lipinski definition) is 2. The molecule has 1 aromatic carbocycles. The second-order valence-corrected chi connectivity index (χ2v) is 2.57. The van der Waals surface area contributed by atoms with Crippen LogP contribution < -0.4 is 4.74 Å². The summed E-state index contributed by atoms with van der Waals surface area (Å²) in [6, 6.07) is 4.79. The smallest absolute Gasteiger partial charge is 0.160 e. The molecular weight excluding hydrogens is 170 g/mol. The van der Waals surface area contributed by atoms with E-state index >= 15 is 0 Å². The van der Waals surface area contributed by atoms with Crippen molar-refractivity contribution in [3.63, 3.8) is 0 Å². The molecule has 0 amide bonds. The Labute approximate surface area is 76.1 Å². The lowest BCUT2D eigenvalue weighted by Crippen LogP contribution is -1.94. The van der Waals surface area contributed by atoms with Gasteiger partial charge in [0.15, 0.2) is 11.5 Å². The summed E-state index contributed by atoms with van der Waals surface area (Å²) >= 11 is 0. The Morgan fingerprint density at radius 1 is 1.46 bits per heavy atom. The zero-order valence-corrected chi connectivity index (χ0v) is 7.48. The molecular formula is C9H11NO3. The molecule has 0 aliphatic rings. The Hall–Kier alpha value is -1.71. The molecule has 1 rings (SSSR count). The Morgan fingerprint density at radius 3 is 2.62 bits per heavy atom. The Kier molecular flexibility index (Phi) is 2.74. The van der Waals surface area contributed by atoms with Crippen LogP contribution in [0.25, 0.3) is 0 Å². The molecule has 0 aliphatic carbocycles. The average Bonchev–Trinajstić information content (AvgIpc) is 2.16. The van der Waals surface area contributed by atoms with Crippen LogP contribution in [0.15, 0.2) is 23.4 Å². The van der Waals surface area contributed by atoms with E-state index < -0.39 is 0 Å². The van der Waals surface area contributed by atoms with Crippen LogP contribution in [0.2, 0.25) is 0 Å². The van der Waals surface area contributed by atoms with Gasteiger partial charge in [-0.05, 0) is 25.1 Å². The zero-order valence-electron chi connectivity index (χ0n) is 7.48. The standard InChI is InChI=1S/C9H11NO3/c1-6(10-12)7-3-4-9(13-2)8(11)5-7/h3-5,11-12H,1-2H3/b10-6-. The summed E-state index contributed by atoms with van der Waals surface area (Å²) < 4.78 is 4.86. The van der Waals surface area contributed by atoms with Gasteiger partial charge in [0, 0.05) is 5.56 Å². The molecule has 0 aliphatic heterocycles. The van der Waals surface area contributed by atoms with Gasteiger partial charge in [0.2, 0.25) is 0 Å². The maximum absolute atomic E-state index is 9.37. The lowest BCUT2D eigenvalue weighted by atomic mass is 10.1. The molecule has 2 N–H and O–H groups in total. The van der Waals surface area contributed by atoms with Gasteiger partial charge < -0.3 is 15.1 Å². The van der Waals surface area contributed by atoms with Gasteiger partial charge in [0.25, 0.3) is 0 Å². The van der Waals surface area contributed by atoms with Crippen molar-refractivity contribution in [1.29, 1.82) is 0 Å². The van der Waals surface area contributed by atoms with Crippen LogP contribution in [-0.2, 0) is 0 Å². The molecule has 4 nitrogen and oxygen atoms in total. The van der Waals surface area contributed by atoms with Crippen LogP contribution in [0.3, 0.4) is 0 Å². The van der Waals surface area contributed by atoms with Gasteiger partial charge >= 0.3 is 0 Å². The number of benzene rings is 1. The van der Waals surface area contributed by atoms with Gasteiger partial charge in [-0.25, -0.2) is 0 Å². The lowest BCUT2D eigenvalue weighted by Gasteiger charge is -2.04. The summed E-state index contributed by atoms with van der Waals surface area (Å²) in [5.41, 5.74) is 1.10. The molecule has 0 saturated heterocycles. The van der Waals surface area contributed by atoms with Crippen molar-refractivity contribution in [3.8, 4) is 11.5 Å². The SMILES string of the molecule is COc1ccc(/C(C)=N\O)cc1O. The van der Waals surface area contributed by atoms with Crippen molar-refractivity contribution in [2.24, 2.45) is 5.16 Å². The van der Waals surface area contributed by atoms with E-state index in [4.69, 9.17) is 9.94 Å². The Balaban J connectivity index is 3.10. The first-order valence-corrected chi connectivity index (χ1v) is 3.75. The van der Waals surface area contributed by atoms with Gasteiger partial charge in [-0.2, -0.15) is 0 Å². The van der Waals surface area contributed by atoms with Crippen LogP contribution in [-0.4, -0.2) is 23.1 Å². The van der Waals surface area contributed by atoms with Crippen molar-refractivity contribution in [2.45, 2.75) is 6.92 Å². The summed E-state index contributed by atoms with van der Waals surface area (Å²) in [4.78, 5) is 0. The number of aromatic hydroxyl groups is 1. The predicted octanol–water partition coefficient (Wildman–Crippen LogP) is 1.60. The van der Waals surface area contributed by atoms with E-state index in [2.05, 4.69) is 5.16 Å². The molecule has 0 unspecified atom stereocenters. The first-order valence-electron chi connectivity index (χ1n) is 3.75. The van der Waals surface area contributed by atoms with Crippen molar-refractivity contribution in [2.75, 3.05) is 7.11 Å². The number of oxime groups is 1. The molecule has 0 bridgehead atoms. The Bertz CT molecular complexity index is 334. The largest absolute Gasteiger partial charge is 0.504 e. The number of methoxy groups -OCH3 is 1. The van der Waals surface area contributed by atoms with Gasteiger partial charge in [-0.1, -0.05) is 5.16 Å². The maximum Gasteiger partial charge on any atom is 0.160 e. The highest BCUT2D eigenvalue weighted by Gasteiger charge is 2.04. The van der Waals surface area contributed by atoms with E-state index in [0.29, 0.717) is 17.0 Å². The van der Waals surface area contributed by atoms with Crippen LogP contribution in [0, 0.1) is 0 Å². The summed E-state index contributed by atoms with van der Waals surface area (Å²) in [6.45, 7) is 1.64. The second kappa shape index (κ2) is 3.80. The number of phenolic OH excluding ortho intramolecular Hbond substituents is 1. The van der Waals surface area contributed by atoms with E-state index in [0.717, 1.165) is 0 Å². The van der Waals surface area contributed by atoms with Gasteiger partial charge in [0.05, 0.1) is 12.8 Å². The highest BCUT2D eigenvalue weighted by atomic mass is 16.5. The minimum atomic E-state index is 0.0306. The second-order valence-electron chi connectivity index (χ2n) is 2.57. The molecule has 0 saturated carbocycles. The lowest BCUT2D eigenvalue weighted by molar-refractivity contribution is 0.319. The van der Waals surface area contributed by atoms with Crippen molar-refractivity contribution >= 4 is 5.71 Å². The molecule has 0 radical (unpaired) electrons. The van der Waals surface area contributed by atoms with Crippen LogP contribution in [0.1, 0.15) is 12.5 Å². The van der Waals surface area contributed by atoms with E-state index in [9.17, 15) is 5.11 Å². The zero-order chi connectivity index (χ0) is 9.84. The fourth-order valence-corrected chi connectivity index (χ4v) is 0.973. The summed E-state index contributed by atoms with van der Waals surface area (Å²) in [5.74, 6) is 0.428. The normalized spacial score (nSPS) is 11.4. The van der Waals surface area contributed by atoms with Crippen molar-refractivity contribution < 1.29 is 15.1 Å². The van der Waals surface area contributed by atoms with Crippen LogP contribution in [0.5, 0.6) is 11.5 Å². The highest BCUT2D eigenvalue weighted by molar-refractivity contribution is 5.98. The molecule has 0 atom stereocenters. The molecule has 0 aromatic heterocycles. The fourth-order valence-electron chi connectivity index (χ4n) is 0.973. The molecule has 1 aromatic rings. The molecule has 0 fully saturated rings. The third-order valence-corrected chi connectivity index (χ3v) is 1.75. The van der Waals surface area contributed by atoms with Gasteiger partial charge in [-0.15, -0.1) is 0 Å². The number of hydrogen-bond acceptors (Lipinski definition) is 4. The number of nitrogens with zero attached hydrogens (tertiary/aromatic N) is 1. The van der Waals surface area contributed by atoms with E-state index in [-0.39, 0.29) is 5.75 Å². The van der Waals surface area contributed by atoms with E-state index in [1.54, 1.807) is 19.1 Å². The topological polar surface area (TPSA) is 62.0 Å². The summed E-state index contributed by atoms with van der Waals surface area (Å²) in [5, 5.41) is 20.9. The quantitative estimate of drug-likeness (QED) is 0.414. The van der Waals surface area contributed by atoms with Gasteiger partial charge in [-0.3, -0.25) is 0 Å². The van der Waals surface area contributed by atoms with Gasteiger partial charge in [0.1, 0.15) is 0 Å². The molecule has 13 heavy (non-hydrogen) atoms. The number of rotatable bonds is 2. The monoisotopic (exact) mass is 181 g/mol. The van der Waals surface area contributed by atoms with Crippen LogP contribution >= 0.6 is 0 Å². The molecule has 0 heterocycles. The van der Waals surface area contributed by atoms with Crippen LogP contribution in [0.4, 0.5) is 0 Å². The number of phenols is 1. The van der Waals surface area contributed by atoms with E-state index in [1.807, 2.05) is 0 Å². The summed E-state index contributed by atoms with van der Waals surface area (Å²) in [6.07, 6.45) is 0. The van der Waals surface area contributed by atoms with E-state index in [1.165, 1.54) is 13.2 Å². The number of ether oxygens (including phenoxy) is 1. The first-order chi connectivity index (χ1) is 6.19. The van der Waals surface area contributed by atoms with Crippen molar-refractivity contribution in [3.05, 3.63) is 23.8 Å². The third kappa shape index (κ3) is 1.90.